The first-order valence-corrected chi connectivity index (χ1v) is 4.62. The molecule has 1 aliphatic carbocycles. The zero-order valence-corrected chi connectivity index (χ0v) is 7.59. The predicted molar refractivity (Wildman–Crippen MR) is 49.0 cm³/mol. The highest BCUT2D eigenvalue weighted by Gasteiger charge is 2.19. The predicted octanol–water partition coefficient (Wildman–Crippen LogP) is 1.92. The minimum absolute atomic E-state index is 0.564. The second kappa shape index (κ2) is 2.98. The van der Waals surface area contributed by atoms with Gasteiger partial charge in [0.05, 0.1) is 6.20 Å². The van der Waals surface area contributed by atoms with Crippen molar-refractivity contribution in [2.24, 2.45) is 5.92 Å². The molecule has 0 spiro atoms. The summed E-state index contributed by atoms with van der Waals surface area (Å²) in [6.45, 7) is 0.929. The van der Waals surface area contributed by atoms with Gasteiger partial charge in [-0.05, 0) is 18.8 Å². The van der Waals surface area contributed by atoms with E-state index in [1.165, 1.54) is 19.3 Å². The van der Waals surface area contributed by atoms with Gasteiger partial charge in [0.2, 0.25) is 0 Å². The molecule has 2 N–H and O–H groups in total. The summed E-state index contributed by atoms with van der Waals surface area (Å²) >= 11 is 5.77. The number of nitrogens with two attached hydrogens (primary N) is 1. The molecule has 1 heterocycles. The minimum atomic E-state index is 0.564. The maximum Gasteiger partial charge on any atom is 0.140 e. The molecule has 1 aromatic heterocycles. The molecule has 0 unspecified atom stereocenters. The molecule has 0 amide bonds. The average molecular weight is 186 g/mol. The first kappa shape index (κ1) is 7.92. The van der Waals surface area contributed by atoms with Crippen LogP contribution < -0.4 is 5.73 Å². The molecular formula is C8H12ClN3. The van der Waals surface area contributed by atoms with E-state index in [1.807, 2.05) is 0 Å². The highest BCUT2D eigenvalue weighted by atomic mass is 35.5. The maximum absolute atomic E-state index is 5.77. The monoisotopic (exact) mass is 185 g/mol. The summed E-state index contributed by atoms with van der Waals surface area (Å²) in [7, 11) is 0. The molecule has 66 valence electrons. The quantitative estimate of drug-likeness (QED) is 0.765. The topological polar surface area (TPSA) is 43.8 Å². The summed E-state index contributed by atoms with van der Waals surface area (Å²) in [6.07, 6.45) is 5.56. The Morgan fingerprint density at radius 2 is 2.42 bits per heavy atom. The van der Waals surface area contributed by atoms with Crippen molar-refractivity contribution in [3.05, 3.63) is 11.2 Å². The number of hydrogen-bond donors (Lipinski definition) is 1. The Bertz CT molecular complexity index is 278. The van der Waals surface area contributed by atoms with E-state index >= 15 is 0 Å². The Morgan fingerprint density at radius 1 is 1.67 bits per heavy atom. The third-order valence-electron chi connectivity index (χ3n) is 2.49. The number of nitrogen functional groups attached to an aromatic ring is 1. The zero-order valence-electron chi connectivity index (χ0n) is 6.83. The van der Waals surface area contributed by atoms with E-state index in [2.05, 4.69) is 5.10 Å². The molecule has 1 fully saturated rings. The second-order valence-electron chi connectivity index (χ2n) is 3.36. The Kier molecular flexibility index (Phi) is 1.97. The van der Waals surface area contributed by atoms with Crippen molar-refractivity contribution in [2.75, 3.05) is 5.73 Å². The van der Waals surface area contributed by atoms with Crippen LogP contribution in [0.3, 0.4) is 0 Å². The van der Waals surface area contributed by atoms with Gasteiger partial charge >= 0.3 is 0 Å². The van der Waals surface area contributed by atoms with E-state index in [-0.39, 0.29) is 0 Å². The molecule has 3 nitrogen and oxygen atoms in total. The van der Waals surface area contributed by atoms with Crippen LogP contribution in [0, 0.1) is 5.92 Å². The molecular weight excluding hydrogens is 174 g/mol. The summed E-state index contributed by atoms with van der Waals surface area (Å²) < 4.78 is 1.80. The van der Waals surface area contributed by atoms with Crippen LogP contribution in [0.4, 0.5) is 5.82 Å². The van der Waals surface area contributed by atoms with Crippen LogP contribution in [0.1, 0.15) is 19.3 Å². The van der Waals surface area contributed by atoms with Crippen LogP contribution in [0.2, 0.25) is 5.02 Å². The molecule has 1 saturated carbocycles. The van der Waals surface area contributed by atoms with Crippen molar-refractivity contribution in [2.45, 2.75) is 25.8 Å². The zero-order chi connectivity index (χ0) is 8.55. The van der Waals surface area contributed by atoms with Crippen LogP contribution in [0.15, 0.2) is 6.20 Å². The number of rotatable bonds is 2. The SMILES string of the molecule is Nc1c(Cl)cnn1CC1CCC1. The molecule has 0 aliphatic heterocycles. The van der Waals surface area contributed by atoms with Gasteiger partial charge in [0.25, 0.3) is 0 Å². The van der Waals surface area contributed by atoms with Crippen LogP contribution >= 0.6 is 11.6 Å². The molecule has 0 bridgehead atoms. The molecule has 2 rings (SSSR count). The Balaban J connectivity index is 2.06. The third-order valence-corrected chi connectivity index (χ3v) is 2.78. The summed E-state index contributed by atoms with van der Waals surface area (Å²) in [5, 5.41) is 4.66. The van der Waals surface area contributed by atoms with Crippen LogP contribution in [0.25, 0.3) is 0 Å². The summed E-state index contributed by atoms with van der Waals surface area (Å²) in [5.74, 6) is 1.37. The Hall–Kier alpha value is -0.700. The van der Waals surface area contributed by atoms with Crippen molar-refractivity contribution in [3.8, 4) is 0 Å². The first-order chi connectivity index (χ1) is 5.77. The Labute approximate surface area is 76.5 Å². The van der Waals surface area contributed by atoms with E-state index < -0.39 is 0 Å². The van der Waals surface area contributed by atoms with Crippen molar-refractivity contribution in [1.82, 2.24) is 9.78 Å². The van der Waals surface area contributed by atoms with Gasteiger partial charge in [-0.2, -0.15) is 5.10 Å². The van der Waals surface area contributed by atoms with Crippen LogP contribution in [-0.2, 0) is 6.54 Å². The highest BCUT2D eigenvalue weighted by Crippen LogP contribution is 2.29. The van der Waals surface area contributed by atoms with Gasteiger partial charge in [-0.3, -0.25) is 0 Å². The van der Waals surface area contributed by atoms with E-state index in [9.17, 15) is 0 Å². The summed E-state index contributed by atoms with van der Waals surface area (Å²) in [5.41, 5.74) is 5.70. The van der Waals surface area contributed by atoms with Crippen molar-refractivity contribution in [3.63, 3.8) is 0 Å². The second-order valence-corrected chi connectivity index (χ2v) is 3.76. The van der Waals surface area contributed by atoms with Gasteiger partial charge in [0, 0.05) is 6.54 Å². The van der Waals surface area contributed by atoms with Gasteiger partial charge in [-0.15, -0.1) is 0 Å². The molecule has 0 saturated heterocycles. The molecule has 1 aliphatic rings. The van der Waals surface area contributed by atoms with E-state index in [0.29, 0.717) is 10.8 Å². The van der Waals surface area contributed by atoms with Crippen LogP contribution in [-0.4, -0.2) is 9.78 Å². The van der Waals surface area contributed by atoms with Gasteiger partial charge in [0.1, 0.15) is 10.8 Å². The summed E-state index contributed by atoms with van der Waals surface area (Å²) in [6, 6.07) is 0. The van der Waals surface area contributed by atoms with Gasteiger partial charge in [0.15, 0.2) is 0 Å². The highest BCUT2D eigenvalue weighted by molar-refractivity contribution is 6.32. The number of nitrogens with zero attached hydrogens (tertiary/aromatic N) is 2. The third kappa shape index (κ3) is 1.29. The normalized spacial score (nSPS) is 17.8. The molecule has 0 radical (unpaired) electrons. The average Bonchev–Trinajstić information content (AvgIpc) is 2.27. The van der Waals surface area contributed by atoms with Gasteiger partial charge in [-0.1, -0.05) is 18.0 Å². The van der Waals surface area contributed by atoms with E-state index in [0.717, 1.165) is 12.5 Å². The lowest BCUT2D eigenvalue weighted by molar-refractivity contribution is 0.268. The standard InChI is InChI=1S/C8H12ClN3/c9-7-4-11-12(8(7)10)5-6-2-1-3-6/h4,6H,1-3,5,10H2. The molecule has 1 aromatic rings. The van der Waals surface area contributed by atoms with Gasteiger partial charge < -0.3 is 5.73 Å². The first-order valence-electron chi connectivity index (χ1n) is 4.24. The lowest BCUT2D eigenvalue weighted by atomic mass is 9.85. The number of halogens is 1. The van der Waals surface area contributed by atoms with E-state index in [4.69, 9.17) is 17.3 Å². The Morgan fingerprint density at radius 3 is 2.83 bits per heavy atom. The molecule has 0 aromatic carbocycles. The van der Waals surface area contributed by atoms with Crippen molar-refractivity contribution < 1.29 is 0 Å². The van der Waals surface area contributed by atoms with Gasteiger partial charge in [-0.25, -0.2) is 4.68 Å². The molecule has 4 heteroatoms. The fourth-order valence-electron chi connectivity index (χ4n) is 1.44. The smallest absolute Gasteiger partial charge is 0.140 e. The minimum Gasteiger partial charge on any atom is -0.383 e. The largest absolute Gasteiger partial charge is 0.383 e. The van der Waals surface area contributed by atoms with Crippen molar-refractivity contribution in [1.29, 1.82) is 0 Å². The lowest BCUT2D eigenvalue weighted by Gasteiger charge is -2.25. The van der Waals surface area contributed by atoms with Crippen LogP contribution in [0.5, 0.6) is 0 Å². The fraction of sp³-hybridized carbons (Fsp3) is 0.625. The number of aromatic nitrogens is 2. The maximum atomic E-state index is 5.77. The number of anilines is 1. The lowest BCUT2D eigenvalue weighted by Crippen LogP contribution is -2.19. The molecule has 0 atom stereocenters. The molecule has 12 heavy (non-hydrogen) atoms. The number of hydrogen-bond acceptors (Lipinski definition) is 2. The fourth-order valence-corrected chi connectivity index (χ4v) is 1.58. The summed E-state index contributed by atoms with van der Waals surface area (Å²) in [4.78, 5) is 0. The van der Waals surface area contributed by atoms with E-state index in [1.54, 1.807) is 10.9 Å². The van der Waals surface area contributed by atoms with Crippen molar-refractivity contribution >= 4 is 17.4 Å².